The topological polar surface area (TPSA) is 85.1 Å². The average molecular weight is 359 g/mol. The first kappa shape index (κ1) is 16.3. The number of nitro groups is 1. The molecule has 3 rings (SSSR count). The van der Waals surface area contributed by atoms with E-state index in [4.69, 9.17) is 0 Å². The lowest BCUT2D eigenvalue weighted by Gasteiger charge is -2.07. The van der Waals surface area contributed by atoms with Gasteiger partial charge in [-0.15, -0.1) is 22.7 Å². The minimum absolute atomic E-state index is 0.0514. The highest BCUT2D eigenvalue weighted by molar-refractivity contribution is 7.20. The van der Waals surface area contributed by atoms with Crippen molar-refractivity contribution < 1.29 is 9.72 Å². The fraction of sp³-hybridized carbons (Fsp3) is 0.125. The minimum atomic E-state index is -0.483. The van der Waals surface area contributed by atoms with Crippen LogP contribution in [0, 0.1) is 17.0 Å². The van der Waals surface area contributed by atoms with Gasteiger partial charge in [-0.2, -0.15) is 0 Å². The average Bonchev–Trinajstić information content (AvgIpc) is 3.20. The maximum atomic E-state index is 12.2. The molecule has 1 amide bonds. The summed E-state index contributed by atoms with van der Waals surface area (Å²) in [6, 6.07) is 8.34. The summed E-state index contributed by atoms with van der Waals surface area (Å²) in [5.74, 6) is -0.248. The number of hydrogen-bond donors (Lipinski definition) is 1. The second kappa shape index (κ2) is 6.90. The SMILES string of the molecule is Cc1ccc([N+](=O)[O-])cc1NC(=O)Cc1csc(-c2cccs2)n1. The molecular weight excluding hydrogens is 346 g/mol. The standard InChI is InChI=1S/C16H13N3O3S2/c1-10-4-5-12(19(21)22)8-13(10)18-15(20)7-11-9-24-16(17-11)14-3-2-6-23-14/h2-6,8-9H,7H2,1H3,(H,18,20). The predicted octanol–water partition coefficient (Wildman–Crippen LogP) is 4.27. The number of amides is 1. The van der Waals surface area contributed by atoms with E-state index in [2.05, 4.69) is 10.3 Å². The van der Waals surface area contributed by atoms with Crippen LogP contribution in [0.15, 0.2) is 41.1 Å². The van der Waals surface area contributed by atoms with Gasteiger partial charge in [-0.1, -0.05) is 12.1 Å². The summed E-state index contributed by atoms with van der Waals surface area (Å²) in [4.78, 5) is 28.1. The van der Waals surface area contributed by atoms with Gasteiger partial charge in [0.25, 0.3) is 5.69 Å². The summed E-state index contributed by atoms with van der Waals surface area (Å²) < 4.78 is 0. The molecule has 2 heterocycles. The number of nitro benzene ring substituents is 1. The van der Waals surface area contributed by atoms with E-state index in [1.165, 1.54) is 23.5 Å². The molecular formula is C16H13N3O3S2. The Morgan fingerprint density at radius 2 is 2.17 bits per heavy atom. The number of hydrogen-bond acceptors (Lipinski definition) is 6. The summed E-state index contributed by atoms with van der Waals surface area (Å²) >= 11 is 3.10. The van der Waals surface area contributed by atoms with Crippen molar-refractivity contribution in [2.45, 2.75) is 13.3 Å². The number of nitrogens with one attached hydrogen (secondary N) is 1. The fourth-order valence-electron chi connectivity index (χ4n) is 2.12. The Hall–Kier alpha value is -2.58. The van der Waals surface area contributed by atoms with Crippen molar-refractivity contribution in [2.24, 2.45) is 0 Å². The largest absolute Gasteiger partial charge is 0.325 e. The molecule has 1 N–H and O–H groups in total. The molecule has 2 aromatic heterocycles. The number of thiophene rings is 1. The number of benzene rings is 1. The molecule has 6 nitrogen and oxygen atoms in total. The molecule has 0 saturated carbocycles. The lowest BCUT2D eigenvalue weighted by atomic mass is 10.1. The van der Waals surface area contributed by atoms with E-state index >= 15 is 0 Å². The number of aromatic nitrogens is 1. The Kier molecular flexibility index (Phi) is 4.68. The Bertz CT molecular complexity index is 888. The summed E-state index contributed by atoms with van der Waals surface area (Å²) in [5, 5.41) is 18.3. The minimum Gasteiger partial charge on any atom is -0.325 e. The molecule has 3 aromatic rings. The highest BCUT2D eigenvalue weighted by Crippen LogP contribution is 2.28. The van der Waals surface area contributed by atoms with Gasteiger partial charge in [0.15, 0.2) is 0 Å². The molecule has 0 aliphatic heterocycles. The van der Waals surface area contributed by atoms with Gasteiger partial charge in [-0.25, -0.2) is 4.98 Å². The predicted molar refractivity (Wildman–Crippen MR) is 95.6 cm³/mol. The number of nitrogens with zero attached hydrogens (tertiary/aromatic N) is 2. The maximum absolute atomic E-state index is 12.2. The maximum Gasteiger partial charge on any atom is 0.271 e. The number of carbonyl (C=O) groups is 1. The zero-order valence-electron chi connectivity index (χ0n) is 12.7. The van der Waals surface area contributed by atoms with Crippen LogP contribution in [0.25, 0.3) is 9.88 Å². The van der Waals surface area contributed by atoms with Crippen LogP contribution in [0.4, 0.5) is 11.4 Å². The van der Waals surface area contributed by atoms with E-state index in [-0.39, 0.29) is 18.0 Å². The zero-order chi connectivity index (χ0) is 17.1. The Morgan fingerprint density at radius 3 is 2.88 bits per heavy atom. The van der Waals surface area contributed by atoms with Crippen LogP contribution in [-0.2, 0) is 11.2 Å². The highest BCUT2D eigenvalue weighted by atomic mass is 32.1. The Balaban J connectivity index is 1.70. The number of anilines is 1. The fourth-order valence-corrected chi connectivity index (χ4v) is 3.75. The first-order valence-electron chi connectivity index (χ1n) is 7.06. The van der Waals surface area contributed by atoms with Gasteiger partial charge in [0.2, 0.25) is 5.91 Å². The molecule has 0 atom stereocenters. The highest BCUT2D eigenvalue weighted by Gasteiger charge is 2.13. The molecule has 0 saturated heterocycles. The summed E-state index contributed by atoms with van der Waals surface area (Å²) in [6.45, 7) is 1.79. The van der Waals surface area contributed by atoms with Crippen molar-refractivity contribution in [1.29, 1.82) is 0 Å². The third-order valence-corrected chi connectivity index (χ3v) is 5.26. The molecule has 0 aliphatic carbocycles. The van der Waals surface area contributed by atoms with Crippen molar-refractivity contribution in [3.8, 4) is 9.88 Å². The van der Waals surface area contributed by atoms with Crippen molar-refractivity contribution in [2.75, 3.05) is 5.32 Å². The molecule has 24 heavy (non-hydrogen) atoms. The quantitative estimate of drug-likeness (QED) is 0.544. The normalized spacial score (nSPS) is 10.5. The van der Waals surface area contributed by atoms with Crippen molar-refractivity contribution >= 4 is 40.0 Å². The molecule has 0 aliphatic rings. The number of aryl methyl sites for hydroxylation is 1. The lowest BCUT2D eigenvalue weighted by molar-refractivity contribution is -0.384. The van der Waals surface area contributed by atoms with Crippen LogP contribution in [0.3, 0.4) is 0 Å². The molecule has 0 bridgehead atoms. The number of carbonyl (C=O) groups excluding carboxylic acids is 1. The Morgan fingerprint density at radius 1 is 1.33 bits per heavy atom. The third kappa shape index (κ3) is 3.66. The smallest absolute Gasteiger partial charge is 0.271 e. The van der Waals surface area contributed by atoms with Crippen molar-refractivity contribution in [3.05, 3.63) is 62.5 Å². The van der Waals surface area contributed by atoms with E-state index in [0.717, 1.165) is 15.4 Å². The molecule has 0 unspecified atom stereocenters. The van der Waals surface area contributed by atoms with Crippen LogP contribution in [0.1, 0.15) is 11.3 Å². The van der Waals surface area contributed by atoms with E-state index < -0.39 is 4.92 Å². The molecule has 0 spiro atoms. The second-order valence-electron chi connectivity index (χ2n) is 5.10. The first-order chi connectivity index (χ1) is 11.5. The monoisotopic (exact) mass is 359 g/mol. The van der Waals surface area contributed by atoms with Gasteiger partial charge in [0.1, 0.15) is 5.01 Å². The van der Waals surface area contributed by atoms with Crippen LogP contribution in [0.5, 0.6) is 0 Å². The summed E-state index contributed by atoms with van der Waals surface area (Å²) in [7, 11) is 0. The molecule has 1 aromatic carbocycles. The van der Waals surface area contributed by atoms with Gasteiger partial charge in [0.05, 0.1) is 27.6 Å². The van der Waals surface area contributed by atoms with Gasteiger partial charge < -0.3 is 5.32 Å². The lowest BCUT2D eigenvalue weighted by Crippen LogP contribution is -2.15. The zero-order valence-corrected chi connectivity index (χ0v) is 14.3. The van der Waals surface area contributed by atoms with Crippen LogP contribution < -0.4 is 5.32 Å². The Labute approximate surface area is 146 Å². The van der Waals surface area contributed by atoms with E-state index in [9.17, 15) is 14.9 Å². The van der Waals surface area contributed by atoms with Gasteiger partial charge in [-0.3, -0.25) is 14.9 Å². The van der Waals surface area contributed by atoms with Gasteiger partial charge in [0, 0.05) is 17.5 Å². The van der Waals surface area contributed by atoms with Gasteiger partial charge >= 0.3 is 0 Å². The number of thiazole rings is 1. The van der Waals surface area contributed by atoms with Crippen LogP contribution in [0.2, 0.25) is 0 Å². The summed E-state index contributed by atoms with van der Waals surface area (Å²) in [5.41, 5.74) is 1.85. The van der Waals surface area contributed by atoms with Crippen molar-refractivity contribution in [1.82, 2.24) is 4.98 Å². The van der Waals surface area contributed by atoms with Gasteiger partial charge in [-0.05, 0) is 23.9 Å². The molecule has 122 valence electrons. The van der Waals surface area contributed by atoms with E-state index in [0.29, 0.717) is 11.4 Å². The van der Waals surface area contributed by atoms with E-state index in [1.54, 1.807) is 24.3 Å². The molecule has 0 radical (unpaired) electrons. The third-order valence-electron chi connectivity index (χ3n) is 3.33. The molecule has 0 fully saturated rings. The first-order valence-corrected chi connectivity index (χ1v) is 8.82. The van der Waals surface area contributed by atoms with E-state index in [1.807, 2.05) is 22.9 Å². The van der Waals surface area contributed by atoms with Crippen LogP contribution >= 0.6 is 22.7 Å². The molecule has 8 heteroatoms. The second-order valence-corrected chi connectivity index (χ2v) is 6.91. The van der Waals surface area contributed by atoms with Crippen molar-refractivity contribution in [3.63, 3.8) is 0 Å². The summed E-state index contributed by atoms with van der Waals surface area (Å²) in [6.07, 6.45) is 0.129. The number of non-ortho nitro benzene ring substituents is 1. The number of rotatable bonds is 5. The van der Waals surface area contributed by atoms with Crippen LogP contribution in [-0.4, -0.2) is 15.8 Å².